The summed E-state index contributed by atoms with van der Waals surface area (Å²) in [7, 11) is 0. The lowest BCUT2D eigenvalue weighted by atomic mass is 9.86. The van der Waals surface area contributed by atoms with Crippen molar-refractivity contribution < 1.29 is 5.11 Å². The Balaban J connectivity index is 1.40. The van der Waals surface area contributed by atoms with E-state index >= 15 is 0 Å². The van der Waals surface area contributed by atoms with Gasteiger partial charge in [0.05, 0.1) is 0 Å². The van der Waals surface area contributed by atoms with E-state index in [2.05, 4.69) is 16.3 Å². The van der Waals surface area contributed by atoms with E-state index in [1.165, 1.54) is 62.7 Å². The van der Waals surface area contributed by atoms with Crippen LogP contribution < -0.4 is 5.32 Å². The van der Waals surface area contributed by atoms with Gasteiger partial charge in [-0.15, -0.1) is 0 Å². The fourth-order valence-corrected chi connectivity index (χ4v) is 4.12. The van der Waals surface area contributed by atoms with Crippen molar-refractivity contribution in [2.24, 2.45) is 0 Å². The second-order valence-electron chi connectivity index (χ2n) is 7.04. The van der Waals surface area contributed by atoms with E-state index in [9.17, 15) is 5.11 Å². The number of benzene rings is 1. The zero-order chi connectivity index (χ0) is 14.2. The average Bonchev–Trinajstić information content (AvgIpc) is 3.33. The summed E-state index contributed by atoms with van der Waals surface area (Å²) >= 11 is 0. The van der Waals surface area contributed by atoms with Crippen molar-refractivity contribution in [3.05, 3.63) is 29.3 Å². The van der Waals surface area contributed by atoms with Crippen molar-refractivity contribution in [3.63, 3.8) is 0 Å². The van der Waals surface area contributed by atoms with Crippen molar-refractivity contribution >= 4 is 0 Å². The third kappa shape index (κ3) is 2.95. The number of phenolic OH excluding ortho intramolecular Hbond substituents is 1. The first-order valence-electron chi connectivity index (χ1n) is 8.61. The Morgan fingerprint density at radius 2 is 1.86 bits per heavy atom. The number of phenols is 1. The molecule has 2 aliphatic carbocycles. The third-order valence-corrected chi connectivity index (χ3v) is 5.47. The number of nitrogens with zero attached hydrogens (tertiary/aromatic N) is 1. The number of aromatic hydroxyl groups is 1. The van der Waals surface area contributed by atoms with E-state index in [0.29, 0.717) is 17.8 Å². The summed E-state index contributed by atoms with van der Waals surface area (Å²) in [6.45, 7) is 2.53. The number of fused-ring (bicyclic) bond motifs is 1. The minimum absolute atomic E-state index is 0.408. The van der Waals surface area contributed by atoms with Gasteiger partial charge < -0.3 is 15.3 Å². The Bertz CT molecular complexity index is 504. The van der Waals surface area contributed by atoms with Crippen LogP contribution in [0.2, 0.25) is 0 Å². The quantitative estimate of drug-likeness (QED) is 0.896. The molecule has 4 rings (SSSR count). The van der Waals surface area contributed by atoms with Crippen LogP contribution in [-0.4, -0.2) is 35.2 Å². The number of hydrogen-bond donors (Lipinski definition) is 2. The van der Waals surface area contributed by atoms with Crippen molar-refractivity contribution in [1.82, 2.24) is 10.2 Å². The van der Waals surface area contributed by atoms with Gasteiger partial charge in [-0.2, -0.15) is 0 Å². The predicted molar refractivity (Wildman–Crippen MR) is 84.5 cm³/mol. The number of nitrogens with one attached hydrogen (secondary N) is 1. The Morgan fingerprint density at radius 1 is 1.05 bits per heavy atom. The van der Waals surface area contributed by atoms with Gasteiger partial charge in [-0.25, -0.2) is 0 Å². The van der Waals surface area contributed by atoms with Crippen molar-refractivity contribution in [2.45, 2.75) is 63.1 Å². The SMILES string of the molecule is Oc1ccc2c(c1)C(NC1CCN(C3CC3)CC1)CCC2. The van der Waals surface area contributed by atoms with Crippen LogP contribution in [0.4, 0.5) is 0 Å². The summed E-state index contributed by atoms with van der Waals surface area (Å²) in [5.74, 6) is 0.408. The molecule has 3 aliphatic rings. The topological polar surface area (TPSA) is 35.5 Å². The van der Waals surface area contributed by atoms with E-state index in [-0.39, 0.29) is 0 Å². The van der Waals surface area contributed by atoms with E-state index in [0.717, 1.165) is 12.5 Å². The van der Waals surface area contributed by atoms with Gasteiger partial charge in [-0.3, -0.25) is 0 Å². The minimum Gasteiger partial charge on any atom is -0.508 e. The molecule has 0 amide bonds. The first-order valence-corrected chi connectivity index (χ1v) is 8.61. The molecule has 0 bridgehead atoms. The number of likely N-dealkylation sites (tertiary alicyclic amines) is 1. The van der Waals surface area contributed by atoms with Crippen LogP contribution in [-0.2, 0) is 6.42 Å². The van der Waals surface area contributed by atoms with Gasteiger partial charge in [0.2, 0.25) is 0 Å². The zero-order valence-electron chi connectivity index (χ0n) is 12.7. The second kappa shape index (κ2) is 5.62. The monoisotopic (exact) mass is 286 g/mol. The minimum atomic E-state index is 0.408. The maximum atomic E-state index is 9.78. The van der Waals surface area contributed by atoms with Crippen molar-refractivity contribution in [1.29, 1.82) is 0 Å². The molecule has 2 N–H and O–H groups in total. The van der Waals surface area contributed by atoms with Crippen LogP contribution in [0.5, 0.6) is 5.75 Å². The maximum Gasteiger partial charge on any atom is 0.115 e. The molecule has 1 aromatic carbocycles. The highest BCUT2D eigenvalue weighted by molar-refractivity contribution is 5.38. The highest BCUT2D eigenvalue weighted by Gasteiger charge is 2.32. The zero-order valence-corrected chi connectivity index (χ0v) is 12.7. The van der Waals surface area contributed by atoms with Crippen LogP contribution in [0.1, 0.15) is 55.7 Å². The van der Waals surface area contributed by atoms with Gasteiger partial charge in [0.15, 0.2) is 0 Å². The fourth-order valence-electron chi connectivity index (χ4n) is 4.12. The molecular weight excluding hydrogens is 260 g/mol. The molecule has 0 spiro atoms. The lowest BCUT2D eigenvalue weighted by Gasteiger charge is -2.36. The number of piperidine rings is 1. The van der Waals surface area contributed by atoms with Crippen LogP contribution in [0.25, 0.3) is 0 Å². The lowest BCUT2D eigenvalue weighted by molar-refractivity contribution is 0.180. The molecule has 1 atom stereocenters. The van der Waals surface area contributed by atoms with E-state index in [1.54, 1.807) is 0 Å². The van der Waals surface area contributed by atoms with Gasteiger partial charge in [-0.1, -0.05) is 6.07 Å². The number of rotatable bonds is 3. The molecule has 1 heterocycles. The van der Waals surface area contributed by atoms with Gasteiger partial charge in [0.1, 0.15) is 5.75 Å². The van der Waals surface area contributed by atoms with Gasteiger partial charge >= 0.3 is 0 Å². The molecule has 1 unspecified atom stereocenters. The Hall–Kier alpha value is -1.06. The van der Waals surface area contributed by atoms with Crippen LogP contribution in [0.3, 0.4) is 0 Å². The average molecular weight is 286 g/mol. The van der Waals surface area contributed by atoms with E-state index in [4.69, 9.17) is 0 Å². The lowest BCUT2D eigenvalue weighted by Crippen LogP contribution is -2.44. The molecule has 0 radical (unpaired) electrons. The highest BCUT2D eigenvalue weighted by Crippen LogP contribution is 2.34. The molecule has 3 heteroatoms. The molecule has 114 valence electrons. The third-order valence-electron chi connectivity index (χ3n) is 5.47. The number of hydrogen-bond acceptors (Lipinski definition) is 3. The molecule has 1 aliphatic heterocycles. The summed E-state index contributed by atoms with van der Waals surface area (Å²) in [5, 5.41) is 13.7. The molecule has 0 aromatic heterocycles. The highest BCUT2D eigenvalue weighted by atomic mass is 16.3. The smallest absolute Gasteiger partial charge is 0.115 e. The summed E-state index contributed by atoms with van der Waals surface area (Å²) in [6.07, 6.45) is 9.03. The molecule has 2 fully saturated rings. The molecule has 1 aromatic rings. The predicted octanol–water partition coefficient (Wildman–Crippen LogP) is 2.99. The normalized spacial score (nSPS) is 27.5. The Kier molecular flexibility index (Phi) is 3.64. The maximum absolute atomic E-state index is 9.78. The van der Waals surface area contributed by atoms with Crippen LogP contribution >= 0.6 is 0 Å². The molecule has 1 saturated heterocycles. The molecule has 3 nitrogen and oxygen atoms in total. The van der Waals surface area contributed by atoms with E-state index in [1.807, 2.05) is 12.1 Å². The first-order chi connectivity index (χ1) is 10.3. The van der Waals surface area contributed by atoms with Crippen molar-refractivity contribution in [3.8, 4) is 5.75 Å². The molecule has 21 heavy (non-hydrogen) atoms. The van der Waals surface area contributed by atoms with E-state index < -0.39 is 0 Å². The summed E-state index contributed by atoms with van der Waals surface area (Å²) in [6, 6.07) is 7.92. The Labute approximate surface area is 127 Å². The molecular formula is C18H26N2O. The van der Waals surface area contributed by atoms with Crippen LogP contribution in [0, 0.1) is 0 Å². The molecule has 1 saturated carbocycles. The summed E-state index contributed by atoms with van der Waals surface area (Å²) in [4.78, 5) is 2.68. The van der Waals surface area contributed by atoms with Crippen LogP contribution in [0.15, 0.2) is 18.2 Å². The van der Waals surface area contributed by atoms with Gasteiger partial charge in [0, 0.05) is 18.1 Å². The Morgan fingerprint density at radius 3 is 2.62 bits per heavy atom. The first kappa shape index (κ1) is 13.6. The van der Waals surface area contributed by atoms with Gasteiger partial charge in [0.25, 0.3) is 0 Å². The summed E-state index contributed by atoms with van der Waals surface area (Å²) < 4.78 is 0. The fraction of sp³-hybridized carbons (Fsp3) is 0.667. The largest absolute Gasteiger partial charge is 0.508 e. The second-order valence-corrected chi connectivity index (χ2v) is 7.04. The van der Waals surface area contributed by atoms with Gasteiger partial charge in [-0.05, 0) is 81.3 Å². The standard InChI is InChI=1S/C18H26N2O/c21-16-7-4-13-2-1-3-18(17(13)12-16)19-14-8-10-20(11-9-14)15-5-6-15/h4,7,12,14-15,18-19,21H,1-3,5-6,8-11H2. The van der Waals surface area contributed by atoms with Crippen molar-refractivity contribution in [2.75, 3.05) is 13.1 Å². The number of aryl methyl sites for hydroxylation is 1. The summed E-state index contributed by atoms with van der Waals surface area (Å²) in [5.41, 5.74) is 2.76.